The summed E-state index contributed by atoms with van der Waals surface area (Å²) in [5.74, 6) is 0.633. The second-order valence-corrected chi connectivity index (χ2v) is 8.24. The maximum Gasteiger partial charge on any atom is 0.222 e. The van der Waals surface area contributed by atoms with Crippen molar-refractivity contribution in [3.05, 3.63) is 35.9 Å². The number of sulfone groups is 1. The van der Waals surface area contributed by atoms with Gasteiger partial charge in [-0.3, -0.25) is 9.79 Å². The van der Waals surface area contributed by atoms with Gasteiger partial charge in [0, 0.05) is 38.9 Å². The smallest absolute Gasteiger partial charge is 0.222 e. The molecule has 0 saturated heterocycles. The molecule has 148 valence electrons. The quantitative estimate of drug-likeness (QED) is 0.272. The number of guanidine groups is 1. The Labute approximate surface area is 173 Å². The number of benzene rings is 1. The zero-order valence-electron chi connectivity index (χ0n) is 15.5. The van der Waals surface area contributed by atoms with Gasteiger partial charge < -0.3 is 16.0 Å². The van der Waals surface area contributed by atoms with Crippen LogP contribution in [0.25, 0.3) is 0 Å². The number of nitrogens with zero attached hydrogens (tertiary/aromatic N) is 1. The molecule has 1 unspecified atom stereocenters. The first-order chi connectivity index (χ1) is 11.8. The van der Waals surface area contributed by atoms with E-state index in [1.165, 1.54) is 6.26 Å². The fraction of sp³-hybridized carbons (Fsp3) is 0.529. The van der Waals surface area contributed by atoms with E-state index in [-0.39, 0.29) is 41.7 Å². The Hall–Kier alpha value is -1.36. The number of carbonyl (C=O) groups is 1. The maximum atomic E-state index is 11.8. The Morgan fingerprint density at radius 3 is 2.42 bits per heavy atom. The van der Waals surface area contributed by atoms with Crippen LogP contribution >= 0.6 is 24.0 Å². The summed E-state index contributed by atoms with van der Waals surface area (Å²) in [5, 5.41) is 9.03. The largest absolute Gasteiger partial charge is 0.356 e. The zero-order chi connectivity index (χ0) is 18.7. The third-order valence-corrected chi connectivity index (χ3v) is 4.48. The molecule has 0 aliphatic rings. The highest BCUT2D eigenvalue weighted by Crippen LogP contribution is 1.97. The standard InChI is InChI=1S/C17H28N4O3S.HI/c1-14(10-12-25(3,23)24)21-17(18-2)19-11-9-16(22)20-13-15-7-5-4-6-8-15;/h4-8,14H,9-13H2,1-3H3,(H,20,22)(H2,18,19,21);1H. The summed E-state index contributed by atoms with van der Waals surface area (Å²) < 4.78 is 22.4. The molecule has 9 heteroatoms. The van der Waals surface area contributed by atoms with Crippen molar-refractivity contribution in [1.82, 2.24) is 16.0 Å². The van der Waals surface area contributed by atoms with Crippen LogP contribution in [0.2, 0.25) is 0 Å². The first-order valence-corrected chi connectivity index (χ1v) is 10.3. The fourth-order valence-corrected chi connectivity index (χ4v) is 2.85. The second-order valence-electron chi connectivity index (χ2n) is 5.98. The molecule has 0 spiro atoms. The molecule has 0 aromatic heterocycles. The number of hydrogen-bond donors (Lipinski definition) is 3. The molecular formula is C17H29IN4O3S. The average molecular weight is 496 g/mol. The van der Waals surface area contributed by atoms with Gasteiger partial charge in [-0.15, -0.1) is 24.0 Å². The Morgan fingerprint density at radius 2 is 1.85 bits per heavy atom. The van der Waals surface area contributed by atoms with Crippen molar-refractivity contribution in [2.24, 2.45) is 4.99 Å². The van der Waals surface area contributed by atoms with Crippen molar-refractivity contribution in [3.8, 4) is 0 Å². The third kappa shape index (κ3) is 12.1. The molecule has 0 radical (unpaired) electrons. The van der Waals surface area contributed by atoms with Crippen LogP contribution in [0.4, 0.5) is 0 Å². The molecule has 0 aliphatic carbocycles. The van der Waals surface area contributed by atoms with Gasteiger partial charge in [0.05, 0.1) is 5.75 Å². The van der Waals surface area contributed by atoms with Crippen LogP contribution < -0.4 is 16.0 Å². The van der Waals surface area contributed by atoms with Crippen molar-refractivity contribution in [2.75, 3.05) is 25.6 Å². The number of halogens is 1. The van der Waals surface area contributed by atoms with E-state index in [9.17, 15) is 13.2 Å². The highest BCUT2D eigenvalue weighted by Gasteiger charge is 2.09. The summed E-state index contributed by atoms with van der Waals surface area (Å²) >= 11 is 0. The van der Waals surface area contributed by atoms with E-state index >= 15 is 0 Å². The average Bonchev–Trinajstić information content (AvgIpc) is 2.57. The van der Waals surface area contributed by atoms with E-state index in [1.807, 2.05) is 37.3 Å². The predicted molar refractivity (Wildman–Crippen MR) is 117 cm³/mol. The number of amides is 1. The van der Waals surface area contributed by atoms with Gasteiger partial charge in [-0.25, -0.2) is 8.42 Å². The lowest BCUT2D eigenvalue weighted by Crippen LogP contribution is -2.43. The Bertz CT molecular complexity index is 666. The van der Waals surface area contributed by atoms with E-state index in [1.54, 1.807) is 7.05 Å². The molecule has 1 atom stereocenters. The fourth-order valence-electron chi connectivity index (χ4n) is 2.07. The minimum atomic E-state index is -2.97. The third-order valence-electron chi connectivity index (χ3n) is 3.51. The van der Waals surface area contributed by atoms with E-state index in [0.29, 0.717) is 31.9 Å². The summed E-state index contributed by atoms with van der Waals surface area (Å²) in [6, 6.07) is 9.69. The molecule has 0 heterocycles. The van der Waals surface area contributed by atoms with Gasteiger partial charge in [0.2, 0.25) is 5.91 Å². The van der Waals surface area contributed by atoms with E-state index in [4.69, 9.17) is 0 Å². The first kappa shape index (κ1) is 24.6. The van der Waals surface area contributed by atoms with Crippen LogP contribution in [-0.4, -0.2) is 51.9 Å². The highest BCUT2D eigenvalue weighted by molar-refractivity contribution is 14.0. The normalized spacial score (nSPS) is 12.7. The summed E-state index contributed by atoms with van der Waals surface area (Å²) in [4.78, 5) is 15.9. The van der Waals surface area contributed by atoms with Gasteiger partial charge in [0.1, 0.15) is 9.84 Å². The molecule has 1 rings (SSSR count). The van der Waals surface area contributed by atoms with Crippen LogP contribution in [0.5, 0.6) is 0 Å². The minimum Gasteiger partial charge on any atom is -0.356 e. The number of aliphatic imine (C=N–C) groups is 1. The van der Waals surface area contributed by atoms with Crippen molar-refractivity contribution in [2.45, 2.75) is 32.4 Å². The van der Waals surface area contributed by atoms with Crippen LogP contribution in [0.1, 0.15) is 25.3 Å². The van der Waals surface area contributed by atoms with Crippen molar-refractivity contribution in [1.29, 1.82) is 0 Å². The Morgan fingerprint density at radius 1 is 1.19 bits per heavy atom. The lowest BCUT2D eigenvalue weighted by molar-refractivity contribution is -0.121. The van der Waals surface area contributed by atoms with Crippen LogP contribution in [0.15, 0.2) is 35.3 Å². The van der Waals surface area contributed by atoms with Gasteiger partial charge in [-0.05, 0) is 18.9 Å². The van der Waals surface area contributed by atoms with Gasteiger partial charge in [0.25, 0.3) is 0 Å². The molecule has 7 nitrogen and oxygen atoms in total. The highest BCUT2D eigenvalue weighted by atomic mass is 127. The summed E-state index contributed by atoms with van der Waals surface area (Å²) in [5.41, 5.74) is 1.06. The van der Waals surface area contributed by atoms with Crippen LogP contribution in [-0.2, 0) is 21.2 Å². The number of carbonyl (C=O) groups excluding carboxylic acids is 1. The minimum absolute atomic E-state index is 0. The van der Waals surface area contributed by atoms with Crippen molar-refractivity contribution >= 4 is 45.7 Å². The molecule has 0 fully saturated rings. The van der Waals surface area contributed by atoms with E-state index in [0.717, 1.165) is 5.56 Å². The van der Waals surface area contributed by atoms with Crippen LogP contribution in [0.3, 0.4) is 0 Å². The second kappa shape index (κ2) is 12.9. The van der Waals surface area contributed by atoms with E-state index in [2.05, 4.69) is 20.9 Å². The molecule has 3 N–H and O–H groups in total. The topological polar surface area (TPSA) is 99.7 Å². The molecule has 1 aromatic carbocycles. The van der Waals surface area contributed by atoms with Crippen molar-refractivity contribution in [3.63, 3.8) is 0 Å². The monoisotopic (exact) mass is 496 g/mol. The molecule has 0 saturated carbocycles. The van der Waals surface area contributed by atoms with E-state index < -0.39 is 9.84 Å². The lowest BCUT2D eigenvalue weighted by atomic mass is 10.2. The van der Waals surface area contributed by atoms with Gasteiger partial charge in [0.15, 0.2) is 5.96 Å². The van der Waals surface area contributed by atoms with Gasteiger partial charge in [-0.1, -0.05) is 30.3 Å². The predicted octanol–water partition coefficient (Wildman–Crippen LogP) is 1.30. The number of hydrogen-bond acceptors (Lipinski definition) is 4. The first-order valence-electron chi connectivity index (χ1n) is 8.25. The number of rotatable bonds is 9. The summed E-state index contributed by atoms with van der Waals surface area (Å²) in [7, 11) is -1.34. The Kier molecular flexibility index (Phi) is 12.2. The maximum absolute atomic E-state index is 11.8. The molecular weight excluding hydrogens is 467 g/mol. The zero-order valence-corrected chi connectivity index (χ0v) is 18.6. The molecule has 0 bridgehead atoms. The van der Waals surface area contributed by atoms with Crippen LogP contribution in [0, 0.1) is 0 Å². The number of nitrogens with one attached hydrogen (secondary N) is 3. The van der Waals surface area contributed by atoms with Crippen molar-refractivity contribution < 1.29 is 13.2 Å². The SMILES string of the molecule is CN=C(NCCC(=O)NCc1ccccc1)NC(C)CCS(C)(=O)=O.I. The van der Waals surface area contributed by atoms with Gasteiger partial charge >= 0.3 is 0 Å². The summed E-state index contributed by atoms with van der Waals surface area (Å²) in [6.45, 7) is 2.85. The molecule has 0 aliphatic heterocycles. The lowest BCUT2D eigenvalue weighted by Gasteiger charge is -2.17. The Balaban J connectivity index is 0.00000625. The van der Waals surface area contributed by atoms with Gasteiger partial charge in [-0.2, -0.15) is 0 Å². The molecule has 1 aromatic rings. The molecule has 26 heavy (non-hydrogen) atoms. The molecule has 1 amide bonds. The summed E-state index contributed by atoms with van der Waals surface area (Å²) in [6.07, 6.45) is 2.04.